The van der Waals surface area contributed by atoms with Gasteiger partial charge in [0.05, 0.1) is 6.10 Å². The van der Waals surface area contributed by atoms with Crippen LogP contribution in [0.2, 0.25) is 0 Å². The van der Waals surface area contributed by atoms with Gasteiger partial charge in [-0.2, -0.15) is 70.2 Å². The third-order valence-electron chi connectivity index (χ3n) is 4.20. The molecule has 0 spiro atoms. The van der Waals surface area contributed by atoms with Crippen molar-refractivity contribution in [1.29, 1.82) is 0 Å². The summed E-state index contributed by atoms with van der Waals surface area (Å²) >= 11 is 0. The van der Waals surface area contributed by atoms with E-state index < -0.39 is 78.8 Å². The number of aliphatic hydroxyl groups is 2. The van der Waals surface area contributed by atoms with Crippen molar-refractivity contribution in [3.8, 4) is 0 Å². The van der Waals surface area contributed by atoms with Crippen molar-refractivity contribution in [3.63, 3.8) is 0 Å². The number of hydrogen-bond acceptors (Lipinski definition) is 2. The van der Waals surface area contributed by atoms with Crippen LogP contribution in [0.25, 0.3) is 0 Å². The van der Waals surface area contributed by atoms with Gasteiger partial charge in [0.1, 0.15) is 6.10 Å². The van der Waals surface area contributed by atoms with Gasteiger partial charge in [0.15, 0.2) is 0 Å². The van der Waals surface area contributed by atoms with E-state index in [1.807, 2.05) is 0 Å². The lowest BCUT2D eigenvalue weighted by atomic mass is 9.93. The van der Waals surface area contributed by atoms with Crippen LogP contribution < -0.4 is 0 Å². The lowest BCUT2D eigenvalue weighted by Crippen LogP contribution is -2.63. The molecule has 20 heteroatoms. The quantitative estimate of drug-likeness (QED) is 0.268. The maximum atomic E-state index is 13.6. The van der Waals surface area contributed by atoms with Crippen LogP contribution in [0.1, 0.15) is 19.3 Å². The zero-order chi connectivity index (χ0) is 27.3. The molecule has 0 aromatic carbocycles. The van der Waals surface area contributed by atoms with E-state index in [-0.39, 0.29) is 9.24 Å². The first-order valence-corrected chi connectivity index (χ1v) is 8.46. The number of aliphatic hydroxyl groups excluding tert-OH is 2. The highest BCUT2D eigenvalue weighted by atomic mass is 31.0. The average Bonchev–Trinajstić information content (AvgIpc) is 2.57. The average molecular weight is 554 g/mol. The van der Waals surface area contributed by atoms with Crippen molar-refractivity contribution in [1.82, 2.24) is 0 Å². The summed E-state index contributed by atoms with van der Waals surface area (Å²) in [6.45, 7) is 0. The Bertz CT molecular complexity index is 669. The summed E-state index contributed by atoms with van der Waals surface area (Å²) in [6, 6.07) is 0. The van der Waals surface area contributed by atoms with Gasteiger partial charge in [0.25, 0.3) is 5.41 Å². The van der Waals surface area contributed by atoms with Crippen LogP contribution in [0.3, 0.4) is 0 Å². The Morgan fingerprint density at radius 2 is 0.970 bits per heavy atom. The largest absolute Gasteiger partial charge is 0.460 e. The van der Waals surface area contributed by atoms with E-state index in [1.54, 1.807) is 0 Å². The van der Waals surface area contributed by atoms with Crippen LogP contribution in [0.5, 0.6) is 0 Å². The van der Waals surface area contributed by atoms with E-state index >= 15 is 0 Å². The van der Waals surface area contributed by atoms with Crippen LogP contribution >= 0.6 is 9.24 Å². The van der Waals surface area contributed by atoms with E-state index in [1.165, 1.54) is 0 Å². The lowest BCUT2D eigenvalue weighted by molar-refractivity contribution is -0.397. The predicted octanol–water partition coefficient (Wildman–Crippen LogP) is 5.72. The molecule has 0 aliphatic rings. The summed E-state index contributed by atoms with van der Waals surface area (Å²) in [5.41, 5.74) is 0. The summed E-state index contributed by atoms with van der Waals surface area (Å²) in [6.07, 6.45) is -28.4. The predicted molar refractivity (Wildman–Crippen MR) is 76.3 cm³/mol. The highest BCUT2D eigenvalue weighted by Crippen LogP contribution is 2.57. The monoisotopic (exact) mass is 554 g/mol. The first-order chi connectivity index (χ1) is 14.0. The third kappa shape index (κ3) is 5.54. The van der Waals surface area contributed by atoms with Gasteiger partial charge in [-0.05, 0) is 6.42 Å². The lowest BCUT2D eigenvalue weighted by Gasteiger charge is -2.38. The van der Waals surface area contributed by atoms with Gasteiger partial charge in [0.2, 0.25) is 0 Å². The molecule has 4 atom stereocenters. The molecule has 0 aliphatic heterocycles. The van der Waals surface area contributed by atoms with Gasteiger partial charge in [-0.1, -0.05) is 9.24 Å². The van der Waals surface area contributed by atoms with Crippen LogP contribution in [-0.2, 0) is 0 Å². The Morgan fingerprint density at radius 1 is 0.576 bits per heavy atom. The van der Waals surface area contributed by atoms with Gasteiger partial charge in [-0.3, -0.25) is 0 Å². The molecule has 33 heavy (non-hydrogen) atoms. The standard InChI is InChI=1S/C13H12F17O2P/c14-6(15,8(18,19)10(22,23)12(25,26)27)2-1-4(31)3-5(32)7(16,17)9(20,21)11(24,33)13(28,29)30/h4-5,31-32H,1-3,33H2/t4?,5-,11?/m0/s1. The topological polar surface area (TPSA) is 40.5 Å². The maximum Gasteiger partial charge on any atom is 0.460 e. The molecule has 0 saturated carbocycles. The van der Waals surface area contributed by atoms with Crippen molar-refractivity contribution < 1.29 is 84.9 Å². The SMILES string of the molecule is OC(CCC(F)(F)C(F)(F)C(F)(F)C(F)(F)F)C[C@H](O)C(F)(F)C(F)(F)C(F)(P)C(F)(F)F. The van der Waals surface area contributed by atoms with E-state index in [0.717, 1.165) is 0 Å². The molecule has 200 valence electrons. The second-order valence-electron chi connectivity index (χ2n) is 6.70. The highest BCUT2D eigenvalue weighted by molar-refractivity contribution is 7.19. The Morgan fingerprint density at radius 3 is 1.30 bits per heavy atom. The minimum atomic E-state index is -7.33. The molecule has 0 heterocycles. The first kappa shape index (κ1) is 32.2. The fourth-order valence-electron chi connectivity index (χ4n) is 2.07. The number of halogens is 17. The Labute approximate surface area is 174 Å². The number of hydrogen-bond donors (Lipinski definition) is 2. The van der Waals surface area contributed by atoms with Crippen LogP contribution in [-0.4, -0.2) is 69.8 Å². The van der Waals surface area contributed by atoms with E-state index in [4.69, 9.17) is 10.2 Å². The Hall–Kier alpha value is -0.840. The van der Waals surface area contributed by atoms with Gasteiger partial charge < -0.3 is 10.2 Å². The highest BCUT2D eigenvalue weighted by Gasteiger charge is 2.81. The van der Waals surface area contributed by atoms with Crippen LogP contribution in [0, 0.1) is 0 Å². The van der Waals surface area contributed by atoms with E-state index in [0.29, 0.717) is 0 Å². The van der Waals surface area contributed by atoms with E-state index in [9.17, 15) is 74.6 Å². The fourth-order valence-corrected chi connectivity index (χ4v) is 2.26. The molecule has 2 N–H and O–H groups in total. The molecule has 0 aromatic heterocycles. The van der Waals surface area contributed by atoms with Gasteiger partial charge >= 0.3 is 42.0 Å². The molecule has 0 fully saturated rings. The molecule has 0 saturated heterocycles. The van der Waals surface area contributed by atoms with Gasteiger partial charge in [-0.25, -0.2) is 4.39 Å². The van der Waals surface area contributed by atoms with Gasteiger partial charge in [-0.15, -0.1) is 0 Å². The maximum absolute atomic E-state index is 13.6. The molecular weight excluding hydrogens is 542 g/mol. The summed E-state index contributed by atoms with van der Waals surface area (Å²) in [7, 11) is -0.286. The fraction of sp³-hybridized carbons (Fsp3) is 1.00. The normalized spacial score (nSPS) is 19.3. The molecule has 0 bridgehead atoms. The van der Waals surface area contributed by atoms with Crippen molar-refractivity contribution in [2.75, 3.05) is 0 Å². The molecule has 3 unspecified atom stereocenters. The molecule has 0 aliphatic carbocycles. The first-order valence-electron chi connectivity index (χ1n) is 7.88. The van der Waals surface area contributed by atoms with Crippen molar-refractivity contribution >= 4 is 9.24 Å². The smallest absolute Gasteiger partial charge is 0.393 e. The minimum Gasteiger partial charge on any atom is -0.393 e. The number of alkyl halides is 17. The molecule has 0 aromatic rings. The molecular formula is C13H12F17O2P. The summed E-state index contributed by atoms with van der Waals surface area (Å²) < 4.78 is 218. The van der Waals surface area contributed by atoms with Crippen molar-refractivity contribution in [2.45, 2.75) is 78.8 Å². The van der Waals surface area contributed by atoms with Crippen molar-refractivity contribution in [2.24, 2.45) is 0 Å². The van der Waals surface area contributed by atoms with Crippen LogP contribution in [0.4, 0.5) is 74.6 Å². The molecule has 2 nitrogen and oxygen atoms in total. The minimum absolute atomic E-state index is 0.286. The Kier molecular flexibility index (Phi) is 8.76. The summed E-state index contributed by atoms with van der Waals surface area (Å²) in [4.78, 5) is 0. The Balaban J connectivity index is 5.54. The zero-order valence-corrected chi connectivity index (χ0v) is 16.3. The van der Waals surface area contributed by atoms with Crippen molar-refractivity contribution in [3.05, 3.63) is 0 Å². The van der Waals surface area contributed by atoms with E-state index in [2.05, 4.69) is 0 Å². The zero-order valence-electron chi connectivity index (χ0n) is 15.2. The second-order valence-corrected chi connectivity index (χ2v) is 7.50. The molecule has 0 radical (unpaired) electrons. The third-order valence-corrected chi connectivity index (χ3v) is 4.89. The summed E-state index contributed by atoms with van der Waals surface area (Å²) in [5.74, 6) is -34.0. The molecule has 0 amide bonds. The van der Waals surface area contributed by atoms with Gasteiger partial charge in [0, 0.05) is 12.8 Å². The number of rotatable bonds is 10. The molecule has 0 rings (SSSR count). The second kappa shape index (κ2) is 8.99. The summed E-state index contributed by atoms with van der Waals surface area (Å²) in [5, 5.41) is 12.1. The van der Waals surface area contributed by atoms with Crippen LogP contribution in [0.15, 0.2) is 0 Å².